The number of benzene rings is 11. The van der Waals surface area contributed by atoms with Crippen LogP contribution in [0.1, 0.15) is 74.9 Å². The molecule has 352 valence electrons. The zero-order valence-electron chi connectivity index (χ0n) is 42.7. The molecule has 12 aromatic rings. The van der Waals surface area contributed by atoms with E-state index in [9.17, 15) is 0 Å². The first-order chi connectivity index (χ1) is 36.0. The lowest BCUT2D eigenvalue weighted by atomic mass is 9.77. The van der Waals surface area contributed by atoms with E-state index in [1.807, 2.05) is 0 Å². The van der Waals surface area contributed by atoms with Gasteiger partial charge in [0.15, 0.2) is 0 Å². The standard InChI is InChI=1S/C72H54N2/c1-70(2)59-27-14-12-23-49(59)51-35-32-45(39-62(51)70)67-54-25-10-11-26-55(54)68(46-33-36-52-50-24-13-15-28-60(50)71(3,4)63(52)40-46)58-42-64-56(41-57(58)67)53-34-31-44(38-61(53)72(64,5)6)43-19-18-20-47(37-43)69-73-65-29-16-17-30-66(65)74(69)48-21-8-7-9-22-48/h7-42H,1-6H3. The number of rotatable bonds is 5. The molecular weight excluding hydrogens is 893 g/mol. The molecule has 0 atom stereocenters. The largest absolute Gasteiger partial charge is 0.292 e. The van der Waals surface area contributed by atoms with Crippen LogP contribution in [-0.2, 0) is 16.2 Å². The highest BCUT2D eigenvalue weighted by Gasteiger charge is 2.39. The lowest BCUT2D eigenvalue weighted by Crippen LogP contribution is -2.15. The maximum atomic E-state index is 5.24. The quantitative estimate of drug-likeness (QED) is 0.157. The zero-order valence-corrected chi connectivity index (χ0v) is 42.7. The van der Waals surface area contributed by atoms with Gasteiger partial charge in [-0.25, -0.2) is 4.98 Å². The van der Waals surface area contributed by atoms with E-state index in [1.165, 1.54) is 122 Å². The fourth-order valence-electron chi connectivity index (χ4n) is 13.8. The first kappa shape index (κ1) is 43.0. The molecule has 0 fully saturated rings. The molecule has 0 N–H and O–H groups in total. The van der Waals surface area contributed by atoms with E-state index in [1.54, 1.807) is 0 Å². The van der Waals surface area contributed by atoms with Crippen molar-refractivity contribution < 1.29 is 0 Å². The smallest absolute Gasteiger partial charge is 0.145 e. The van der Waals surface area contributed by atoms with Gasteiger partial charge in [0, 0.05) is 27.5 Å². The Morgan fingerprint density at radius 2 is 0.743 bits per heavy atom. The lowest BCUT2D eigenvalue weighted by Gasteiger charge is -2.25. The van der Waals surface area contributed by atoms with Crippen LogP contribution in [0.4, 0.5) is 0 Å². The average Bonchev–Trinajstić information content (AvgIpc) is 4.12. The fraction of sp³-hybridized carbons (Fsp3) is 0.125. The monoisotopic (exact) mass is 946 g/mol. The molecular formula is C72H54N2. The molecule has 2 heteroatoms. The lowest BCUT2D eigenvalue weighted by molar-refractivity contribution is 0.660. The minimum absolute atomic E-state index is 0.124. The Kier molecular flexibility index (Phi) is 8.86. The Bertz CT molecular complexity index is 4390. The predicted molar refractivity (Wildman–Crippen MR) is 311 cm³/mol. The zero-order chi connectivity index (χ0) is 49.8. The molecule has 3 aliphatic rings. The minimum Gasteiger partial charge on any atom is -0.292 e. The molecule has 2 nitrogen and oxygen atoms in total. The highest BCUT2D eigenvalue weighted by molar-refractivity contribution is 6.23. The molecule has 0 amide bonds. The molecule has 3 aliphatic carbocycles. The molecule has 15 rings (SSSR count). The predicted octanol–water partition coefficient (Wildman–Crippen LogP) is 18.9. The summed E-state index contributed by atoms with van der Waals surface area (Å²) < 4.78 is 2.29. The van der Waals surface area contributed by atoms with Crippen LogP contribution in [0.25, 0.3) is 116 Å². The number of nitrogens with zero attached hydrogens (tertiary/aromatic N) is 2. The third kappa shape index (κ3) is 5.91. The van der Waals surface area contributed by atoms with E-state index >= 15 is 0 Å². The van der Waals surface area contributed by atoms with Gasteiger partial charge in [-0.05, 0) is 182 Å². The van der Waals surface area contributed by atoms with Crippen LogP contribution < -0.4 is 0 Å². The summed E-state index contributed by atoms with van der Waals surface area (Å²) >= 11 is 0. The average molecular weight is 947 g/mol. The molecule has 11 aromatic carbocycles. The second-order valence-electron chi connectivity index (χ2n) is 22.7. The van der Waals surface area contributed by atoms with Crippen LogP contribution in [0.3, 0.4) is 0 Å². The Morgan fingerprint density at radius 3 is 1.38 bits per heavy atom. The van der Waals surface area contributed by atoms with Crippen LogP contribution in [0.15, 0.2) is 218 Å². The molecule has 1 aromatic heterocycles. The van der Waals surface area contributed by atoms with Gasteiger partial charge in [0.05, 0.1) is 11.0 Å². The van der Waals surface area contributed by atoms with Gasteiger partial charge < -0.3 is 0 Å². The number of hydrogen-bond donors (Lipinski definition) is 0. The van der Waals surface area contributed by atoms with Gasteiger partial charge in [0.1, 0.15) is 5.82 Å². The summed E-state index contributed by atoms with van der Waals surface area (Å²) in [6.07, 6.45) is 0. The number of aromatic nitrogens is 2. The molecule has 0 radical (unpaired) electrons. The van der Waals surface area contributed by atoms with Gasteiger partial charge in [-0.15, -0.1) is 0 Å². The van der Waals surface area contributed by atoms with E-state index < -0.39 is 0 Å². The summed E-state index contributed by atoms with van der Waals surface area (Å²) in [6, 6.07) is 82.2. The first-order valence-electron chi connectivity index (χ1n) is 26.3. The normalized spacial score (nSPS) is 14.9. The number of imidazole rings is 1. The van der Waals surface area contributed by atoms with Crippen molar-refractivity contribution >= 4 is 32.6 Å². The Hall–Kier alpha value is -8.59. The second kappa shape index (κ2) is 15.2. The summed E-state index contributed by atoms with van der Waals surface area (Å²) in [4.78, 5) is 5.24. The molecule has 74 heavy (non-hydrogen) atoms. The van der Waals surface area contributed by atoms with Crippen LogP contribution in [-0.4, -0.2) is 9.55 Å². The summed E-state index contributed by atoms with van der Waals surface area (Å²) in [6.45, 7) is 14.4. The molecule has 0 spiro atoms. The van der Waals surface area contributed by atoms with Gasteiger partial charge in [-0.3, -0.25) is 4.57 Å². The van der Waals surface area contributed by atoms with Crippen molar-refractivity contribution in [2.75, 3.05) is 0 Å². The van der Waals surface area contributed by atoms with Gasteiger partial charge in [0.25, 0.3) is 0 Å². The van der Waals surface area contributed by atoms with Gasteiger partial charge in [-0.2, -0.15) is 0 Å². The summed E-state index contributed by atoms with van der Waals surface area (Å²) in [5.74, 6) is 0.937. The van der Waals surface area contributed by atoms with Crippen LogP contribution in [0, 0.1) is 0 Å². The van der Waals surface area contributed by atoms with Gasteiger partial charge >= 0.3 is 0 Å². The number of hydrogen-bond acceptors (Lipinski definition) is 1. The van der Waals surface area contributed by atoms with Gasteiger partial charge in [-0.1, -0.05) is 199 Å². The summed E-state index contributed by atoms with van der Waals surface area (Å²) in [5.41, 5.74) is 27.5. The Morgan fingerprint density at radius 1 is 0.297 bits per heavy atom. The molecule has 0 saturated carbocycles. The Balaban J connectivity index is 0.941. The van der Waals surface area contributed by atoms with E-state index in [0.29, 0.717) is 0 Å². The Labute approximate surface area is 433 Å². The van der Waals surface area contributed by atoms with Crippen molar-refractivity contribution in [2.24, 2.45) is 0 Å². The second-order valence-corrected chi connectivity index (χ2v) is 22.7. The topological polar surface area (TPSA) is 17.8 Å². The molecule has 0 unspecified atom stereocenters. The van der Waals surface area contributed by atoms with Crippen LogP contribution >= 0.6 is 0 Å². The maximum Gasteiger partial charge on any atom is 0.145 e. The van der Waals surface area contributed by atoms with Crippen molar-refractivity contribution in [3.8, 4) is 83.8 Å². The third-order valence-corrected chi connectivity index (χ3v) is 17.6. The van der Waals surface area contributed by atoms with E-state index in [4.69, 9.17) is 4.98 Å². The van der Waals surface area contributed by atoms with Crippen LogP contribution in [0.2, 0.25) is 0 Å². The van der Waals surface area contributed by atoms with Crippen molar-refractivity contribution in [2.45, 2.75) is 57.8 Å². The summed E-state index contributed by atoms with van der Waals surface area (Å²) in [7, 11) is 0. The van der Waals surface area contributed by atoms with Crippen LogP contribution in [0.5, 0.6) is 0 Å². The maximum absolute atomic E-state index is 5.24. The molecule has 0 aliphatic heterocycles. The molecule has 1 heterocycles. The van der Waals surface area contributed by atoms with Gasteiger partial charge in [0.2, 0.25) is 0 Å². The van der Waals surface area contributed by atoms with Crippen molar-refractivity contribution in [1.29, 1.82) is 0 Å². The fourth-order valence-corrected chi connectivity index (χ4v) is 13.8. The highest BCUT2D eigenvalue weighted by Crippen LogP contribution is 2.57. The van der Waals surface area contributed by atoms with Crippen molar-refractivity contribution in [3.05, 3.63) is 252 Å². The highest BCUT2D eigenvalue weighted by atomic mass is 15.1. The minimum atomic E-state index is -0.276. The number of para-hydroxylation sites is 3. The van der Waals surface area contributed by atoms with E-state index in [2.05, 4.69) is 264 Å². The van der Waals surface area contributed by atoms with Crippen molar-refractivity contribution in [3.63, 3.8) is 0 Å². The van der Waals surface area contributed by atoms with Crippen molar-refractivity contribution in [1.82, 2.24) is 9.55 Å². The molecule has 0 saturated heterocycles. The number of fused-ring (bicyclic) bond motifs is 12. The third-order valence-electron chi connectivity index (χ3n) is 17.6. The summed E-state index contributed by atoms with van der Waals surface area (Å²) in [5, 5.41) is 5.14. The van der Waals surface area contributed by atoms with E-state index in [0.717, 1.165) is 28.1 Å². The molecule has 0 bridgehead atoms. The SMILES string of the molecule is CC1(C)c2ccccc2-c2ccc(-c3c4ccccc4c(-c4ccc5c(c4)C(C)(C)c4ccccc4-5)c4cc5c(cc34)-c3ccc(-c4cccc(-c6nc7ccccc7n6-c6ccccc6)c4)cc3C5(C)C)cc21. The van der Waals surface area contributed by atoms with E-state index in [-0.39, 0.29) is 16.2 Å². The first-order valence-corrected chi connectivity index (χ1v) is 26.3.